The number of hydrogen-bond donors (Lipinski definition) is 0. The monoisotopic (exact) mass is 293 g/mol. The van der Waals surface area contributed by atoms with E-state index in [2.05, 4.69) is 0 Å². The predicted octanol–water partition coefficient (Wildman–Crippen LogP) is 4.15. The Morgan fingerprint density at radius 1 is 1.15 bits per heavy atom. The SMILES string of the molecule is N#Cc1ccccc1COc1c(F)cc(CCl)cc1F. The quantitative estimate of drug-likeness (QED) is 0.793. The van der Waals surface area contributed by atoms with Crippen molar-refractivity contribution < 1.29 is 13.5 Å². The fourth-order valence-electron chi connectivity index (χ4n) is 1.73. The van der Waals surface area contributed by atoms with Gasteiger partial charge in [0, 0.05) is 11.4 Å². The van der Waals surface area contributed by atoms with Gasteiger partial charge in [-0.1, -0.05) is 18.2 Å². The molecule has 0 unspecified atom stereocenters. The summed E-state index contributed by atoms with van der Waals surface area (Å²) in [7, 11) is 0. The molecule has 0 saturated carbocycles. The van der Waals surface area contributed by atoms with Crippen molar-refractivity contribution in [3.05, 3.63) is 64.7 Å². The molecule has 0 spiro atoms. The Morgan fingerprint density at radius 3 is 2.40 bits per heavy atom. The summed E-state index contributed by atoms with van der Waals surface area (Å²) in [4.78, 5) is 0. The fraction of sp³-hybridized carbons (Fsp3) is 0.133. The van der Waals surface area contributed by atoms with E-state index in [1.165, 1.54) is 0 Å². The molecule has 0 aromatic heterocycles. The van der Waals surface area contributed by atoms with Crippen LogP contribution in [0.4, 0.5) is 8.78 Å². The molecule has 0 N–H and O–H groups in total. The van der Waals surface area contributed by atoms with Gasteiger partial charge in [-0.2, -0.15) is 5.26 Å². The van der Waals surface area contributed by atoms with E-state index in [-0.39, 0.29) is 12.5 Å². The number of nitriles is 1. The van der Waals surface area contributed by atoms with E-state index in [9.17, 15) is 8.78 Å². The molecule has 2 rings (SSSR count). The Hall–Kier alpha value is -2.12. The molecule has 0 heterocycles. The lowest BCUT2D eigenvalue weighted by atomic mass is 10.1. The van der Waals surface area contributed by atoms with Crippen LogP contribution in [0.15, 0.2) is 36.4 Å². The van der Waals surface area contributed by atoms with Gasteiger partial charge in [-0.15, -0.1) is 11.6 Å². The van der Waals surface area contributed by atoms with Crippen molar-refractivity contribution in [2.24, 2.45) is 0 Å². The van der Waals surface area contributed by atoms with Gasteiger partial charge in [0.05, 0.1) is 11.6 Å². The Kier molecular flexibility index (Phi) is 4.54. The maximum Gasteiger partial charge on any atom is 0.191 e. The second-order valence-corrected chi connectivity index (χ2v) is 4.35. The summed E-state index contributed by atoms with van der Waals surface area (Å²) in [5.41, 5.74) is 1.31. The van der Waals surface area contributed by atoms with E-state index in [4.69, 9.17) is 21.6 Å². The minimum atomic E-state index is -0.810. The van der Waals surface area contributed by atoms with Crippen LogP contribution < -0.4 is 4.74 Å². The molecule has 5 heteroatoms. The summed E-state index contributed by atoms with van der Waals surface area (Å²) in [5, 5.41) is 8.92. The normalized spacial score (nSPS) is 10.1. The summed E-state index contributed by atoms with van der Waals surface area (Å²) in [6.45, 7) is -0.0855. The lowest BCUT2D eigenvalue weighted by Crippen LogP contribution is -2.02. The van der Waals surface area contributed by atoms with Gasteiger partial charge in [-0.25, -0.2) is 8.78 Å². The van der Waals surface area contributed by atoms with Crippen molar-refractivity contribution in [3.8, 4) is 11.8 Å². The van der Waals surface area contributed by atoms with Gasteiger partial charge in [0.2, 0.25) is 0 Å². The van der Waals surface area contributed by atoms with Crippen LogP contribution in [-0.4, -0.2) is 0 Å². The van der Waals surface area contributed by atoms with Crippen molar-refractivity contribution in [2.45, 2.75) is 12.5 Å². The number of rotatable bonds is 4. The molecule has 0 atom stereocenters. The zero-order chi connectivity index (χ0) is 14.5. The molecule has 2 aromatic rings. The molecule has 0 fully saturated rings. The van der Waals surface area contributed by atoms with Gasteiger partial charge in [-0.05, 0) is 23.8 Å². The maximum absolute atomic E-state index is 13.7. The molecule has 2 nitrogen and oxygen atoms in total. The average molecular weight is 294 g/mol. The first-order chi connectivity index (χ1) is 9.65. The first-order valence-electron chi connectivity index (χ1n) is 5.80. The highest BCUT2D eigenvalue weighted by Crippen LogP contribution is 2.25. The summed E-state index contributed by atoms with van der Waals surface area (Å²) in [6.07, 6.45) is 0. The predicted molar refractivity (Wildman–Crippen MR) is 71.4 cm³/mol. The van der Waals surface area contributed by atoms with E-state index in [1.807, 2.05) is 6.07 Å². The Labute approximate surface area is 120 Å². The van der Waals surface area contributed by atoms with Crippen molar-refractivity contribution in [1.29, 1.82) is 5.26 Å². The van der Waals surface area contributed by atoms with Gasteiger partial charge >= 0.3 is 0 Å². The third-order valence-electron chi connectivity index (χ3n) is 2.72. The Morgan fingerprint density at radius 2 is 1.80 bits per heavy atom. The molecule has 102 valence electrons. The standard InChI is InChI=1S/C15H10ClF2NO/c16-7-10-5-13(17)15(14(18)6-10)20-9-12-4-2-1-3-11(12)8-19/h1-6H,7,9H2. The van der Waals surface area contributed by atoms with Crippen molar-refractivity contribution >= 4 is 11.6 Å². The van der Waals surface area contributed by atoms with Crippen LogP contribution in [0.1, 0.15) is 16.7 Å². The molecular weight excluding hydrogens is 284 g/mol. The molecule has 20 heavy (non-hydrogen) atoms. The van der Waals surface area contributed by atoms with Crippen molar-refractivity contribution in [2.75, 3.05) is 0 Å². The second-order valence-electron chi connectivity index (χ2n) is 4.08. The molecule has 0 aliphatic rings. The third kappa shape index (κ3) is 3.06. The average Bonchev–Trinajstić information content (AvgIpc) is 2.46. The number of ether oxygens (including phenoxy) is 1. The van der Waals surface area contributed by atoms with Crippen LogP contribution in [0.2, 0.25) is 0 Å². The van der Waals surface area contributed by atoms with Gasteiger partial charge in [0.1, 0.15) is 6.61 Å². The summed E-state index contributed by atoms with van der Waals surface area (Å²) < 4.78 is 32.5. The Balaban J connectivity index is 2.22. The first-order valence-corrected chi connectivity index (χ1v) is 6.34. The molecule has 2 aromatic carbocycles. The molecule has 0 aliphatic heterocycles. The smallest absolute Gasteiger partial charge is 0.191 e. The van der Waals surface area contributed by atoms with E-state index in [0.717, 1.165) is 12.1 Å². The highest BCUT2D eigenvalue weighted by molar-refractivity contribution is 6.17. The third-order valence-corrected chi connectivity index (χ3v) is 3.03. The minimum Gasteiger partial charge on any atom is -0.483 e. The van der Waals surface area contributed by atoms with Crippen LogP contribution in [0.5, 0.6) is 5.75 Å². The molecule has 0 saturated heterocycles. The fourth-order valence-corrected chi connectivity index (χ4v) is 1.89. The van der Waals surface area contributed by atoms with Crippen LogP contribution in [0, 0.1) is 23.0 Å². The van der Waals surface area contributed by atoms with Gasteiger partial charge in [0.15, 0.2) is 17.4 Å². The van der Waals surface area contributed by atoms with E-state index < -0.39 is 17.4 Å². The van der Waals surface area contributed by atoms with Crippen LogP contribution in [0.3, 0.4) is 0 Å². The van der Waals surface area contributed by atoms with Gasteiger partial charge in [-0.3, -0.25) is 0 Å². The van der Waals surface area contributed by atoms with E-state index in [0.29, 0.717) is 16.7 Å². The summed E-state index contributed by atoms with van der Waals surface area (Å²) >= 11 is 5.53. The second kappa shape index (κ2) is 6.36. The minimum absolute atomic E-state index is 0.0192. The van der Waals surface area contributed by atoms with Crippen LogP contribution >= 0.6 is 11.6 Å². The van der Waals surface area contributed by atoms with Crippen molar-refractivity contribution in [3.63, 3.8) is 0 Å². The molecule has 0 radical (unpaired) electrons. The first kappa shape index (κ1) is 14.3. The maximum atomic E-state index is 13.7. The Bertz CT molecular complexity index is 644. The van der Waals surface area contributed by atoms with Gasteiger partial charge in [0.25, 0.3) is 0 Å². The summed E-state index contributed by atoms with van der Waals surface area (Å²) in [5.74, 6) is -2.07. The van der Waals surface area contributed by atoms with E-state index in [1.54, 1.807) is 24.3 Å². The molecule has 0 aliphatic carbocycles. The number of nitrogens with zero attached hydrogens (tertiary/aromatic N) is 1. The van der Waals surface area contributed by atoms with Crippen LogP contribution in [0.25, 0.3) is 0 Å². The number of halogens is 3. The number of hydrogen-bond acceptors (Lipinski definition) is 2. The topological polar surface area (TPSA) is 33.0 Å². The highest BCUT2D eigenvalue weighted by atomic mass is 35.5. The van der Waals surface area contributed by atoms with Gasteiger partial charge < -0.3 is 4.74 Å². The van der Waals surface area contributed by atoms with Crippen LogP contribution in [-0.2, 0) is 12.5 Å². The lowest BCUT2D eigenvalue weighted by Gasteiger charge is -2.10. The zero-order valence-electron chi connectivity index (χ0n) is 10.4. The summed E-state index contributed by atoms with van der Waals surface area (Å²) in [6, 6.07) is 11.0. The van der Waals surface area contributed by atoms with E-state index >= 15 is 0 Å². The molecular formula is C15H10ClF2NO. The highest BCUT2D eigenvalue weighted by Gasteiger charge is 2.13. The molecule has 0 amide bonds. The zero-order valence-corrected chi connectivity index (χ0v) is 11.1. The number of alkyl halides is 1. The molecule has 0 bridgehead atoms. The lowest BCUT2D eigenvalue weighted by molar-refractivity contribution is 0.273. The van der Waals surface area contributed by atoms with Crippen molar-refractivity contribution in [1.82, 2.24) is 0 Å². The number of benzene rings is 2. The largest absolute Gasteiger partial charge is 0.483 e.